The Morgan fingerprint density at radius 3 is 2.41 bits per heavy atom. The molecule has 0 radical (unpaired) electrons. The summed E-state index contributed by atoms with van der Waals surface area (Å²) in [6, 6.07) is 19.5. The maximum atomic E-state index is 13.7. The fraction of sp³-hybridized carbons (Fsp3) is 0.333. The molecule has 1 atom stereocenters. The standard InChI is InChI=1S/C27H31N3O5S2/c1-21(31)28-23-11-13-26(14-12-23)37(33,34)30(18-24-9-5-15-35-24)20-27(32)29(19-25-10-6-16-36-25)17-22-7-3-2-4-8-22/h2-4,6-8,10-14,16,24H,5,9,15,17-20H2,1H3,(H,28,31). The van der Waals surface area contributed by atoms with Gasteiger partial charge in [0.1, 0.15) is 0 Å². The monoisotopic (exact) mass is 541 g/mol. The van der Waals surface area contributed by atoms with Gasteiger partial charge in [-0.25, -0.2) is 8.42 Å². The maximum absolute atomic E-state index is 13.7. The van der Waals surface area contributed by atoms with Gasteiger partial charge in [0.25, 0.3) is 0 Å². The Morgan fingerprint density at radius 2 is 1.78 bits per heavy atom. The second-order valence-electron chi connectivity index (χ2n) is 8.95. The molecule has 0 spiro atoms. The number of nitrogens with zero attached hydrogens (tertiary/aromatic N) is 2. The molecule has 1 unspecified atom stereocenters. The van der Waals surface area contributed by atoms with Crippen LogP contribution in [0.3, 0.4) is 0 Å². The molecule has 0 aliphatic carbocycles. The highest BCUT2D eigenvalue weighted by Crippen LogP contribution is 2.23. The first-order valence-electron chi connectivity index (χ1n) is 12.1. The molecule has 1 aliphatic heterocycles. The van der Waals surface area contributed by atoms with E-state index in [-0.39, 0.29) is 35.9 Å². The van der Waals surface area contributed by atoms with Gasteiger partial charge in [0, 0.05) is 37.2 Å². The molecule has 1 N–H and O–H groups in total. The van der Waals surface area contributed by atoms with E-state index < -0.39 is 10.0 Å². The van der Waals surface area contributed by atoms with Crippen molar-refractivity contribution in [2.45, 2.75) is 43.9 Å². The van der Waals surface area contributed by atoms with E-state index in [9.17, 15) is 18.0 Å². The van der Waals surface area contributed by atoms with Gasteiger partial charge in [-0.15, -0.1) is 11.3 Å². The number of rotatable bonds is 11. The van der Waals surface area contributed by atoms with Crippen molar-refractivity contribution in [3.8, 4) is 0 Å². The summed E-state index contributed by atoms with van der Waals surface area (Å²) in [5.74, 6) is -0.529. The summed E-state index contributed by atoms with van der Waals surface area (Å²) >= 11 is 1.56. The lowest BCUT2D eigenvalue weighted by Gasteiger charge is -2.28. The van der Waals surface area contributed by atoms with E-state index in [2.05, 4.69) is 5.32 Å². The number of carbonyl (C=O) groups is 2. The number of thiophene rings is 1. The van der Waals surface area contributed by atoms with Crippen molar-refractivity contribution in [2.24, 2.45) is 0 Å². The largest absolute Gasteiger partial charge is 0.377 e. The van der Waals surface area contributed by atoms with Crippen molar-refractivity contribution in [3.63, 3.8) is 0 Å². The van der Waals surface area contributed by atoms with E-state index in [1.807, 2.05) is 47.8 Å². The zero-order valence-electron chi connectivity index (χ0n) is 20.7. The highest BCUT2D eigenvalue weighted by molar-refractivity contribution is 7.89. The number of carbonyl (C=O) groups excluding carboxylic acids is 2. The minimum atomic E-state index is -4.00. The number of nitrogens with one attached hydrogen (secondary N) is 1. The SMILES string of the molecule is CC(=O)Nc1ccc(S(=O)(=O)N(CC(=O)N(Cc2ccccc2)Cc2cccs2)CC2CCCO2)cc1. The lowest BCUT2D eigenvalue weighted by molar-refractivity contribution is -0.132. The van der Waals surface area contributed by atoms with Crippen molar-refractivity contribution in [1.82, 2.24) is 9.21 Å². The summed E-state index contributed by atoms with van der Waals surface area (Å²) in [5.41, 5.74) is 1.47. The molecule has 1 fully saturated rings. The Labute approximate surface area is 221 Å². The zero-order valence-corrected chi connectivity index (χ0v) is 22.3. The predicted octanol–water partition coefficient (Wildman–Crippen LogP) is 4.11. The van der Waals surface area contributed by atoms with Gasteiger partial charge in [0.2, 0.25) is 21.8 Å². The smallest absolute Gasteiger partial charge is 0.243 e. The number of sulfonamides is 1. The minimum absolute atomic E-state index is 0.0558. The van der Waals surface area contributed by atoms with Crippen LogP contribution in [0.1, 0.15) is 30.2 Å². The molecular formula is C27H31N3O5S2. The maximum Gasteiger partial charge on any atom is 0.243 e. The molecule has 2 amide bonds. The highest BCUT2D eigenvalue weighted by Gasteiger charge is 2.32. The molecule has 3 aromatic rings. The molecule has 1 aliphatic rings. The Hall–Kier alpha value is -3.05. The highest BCUT2D eigenvalue weighted by atomic mass is 32.2. The first-order chi connectivity index (χ1) is 17.8. The summed E-state index contributed by atoms with van der Waals surface area (Å²) in [6.07, 6.45) is 1.34. The fourth-order valence-corrected chi connectivity index (χ4v) is 6.34. The van der Waals surface area contributed by atoms with Crippen molar-refractivity contribution >= 4 is 38.9 Å². The second-order valence-corrected chi connectivity index (χ2v) is 11.9. The number of anilines is 1. The van der Waals surface area contributed by atoms with Crippen LogP contribution in [0, 0.1) is 0 Å². The Morgan fingerprint density at radius 1 is 1.03 bits per heavy atom. The molecule has 0 saturated carbocycles. The predicted molar refractivity (Wildman–Crippen MR) is 143 cm³/mol. The van der Waals surface area contributed by atoms with E-state index in [0.29, 0.717) is 25.4 Å². The van der Waals surface area contributed by atoms with Gasteiger partial charge in [-0.1, -0.05) is 36.4 Å². The van der Waals surface area contributed by atoms with Crippen LogP contribution in [-0.4, -0.2) is 55.2 Å². The zero-order chi connectivity index (χ0) is 26.3. The molecule has 2 heterocycles. The third kappa shape index (κ3) is 7.48. The van der Waals surface area contributed by atoms with Crippen molar-refractivity contribution in [2.75, 3.05) is 25.0 Å². The second kappa shape index (κ2) is 12.5. The topological polar surface area (TPSA) is 96.0 Å². The van der Waals surface area contributed by atoms with Crippen LogP contribution in [0.2, 0.25) is 0 Å². The summed E-state index contributed by atoms with van der Waals surface area (Å²) in [5, 5.41) is 4.59. The van der Waals surface area contributed by atoms with E-state index in [4.69, 9.17) is 4.74 Å². The minimum Gasteiger partial charge on any atom is -0.377 e. The third-order valence-corrected chi connectivity index (χ3v) is 8.74. The summed E-state index contributed by atoms with van der Waals surface area (Å²) in [6.45, 7) is 2.53. The van der Waals surface area contributed by atoms with Gasteiger partial charge in [-0.3, -0.25) is 9.59 Å². The Kier molecular flexibility index (Phi) is 9.09. The molecule has 196 valence electrons. The molecule has 4 rings (SSSR count). The molecule has 37 heavy (non-hydrogen) atoms. The van der Waals surface area contributed by atoms with Crippen molar-refractivity contribution in [1.29, 1.82) is 0 Å². The van der Waals surface area contributed by atoms with Crippen LogP contribution in [0.5, 0.6) is 0 Å². The average Bonchev–Trinajstić information content (AvgIpc) is 3.58. The van der Waals surface area contributed by atoms with Gasteiger partial charge in [-0.05, 0) is 54.1 Å². The van der Waals surface area contributed by atoms with Crippen molar-refractivity contribution < 1.29 is 22.7 Å². The number of hydrogen-bond donors (Lipinski definition) is 1. The van der Waals surface area contributed by atoms with Crippen LogP contribution in [0.4, 0.5) is 5.69 Å². The van der Waals surface area contributed by atoms with E-state index >= 15 is 0 Å². The number of amides is 2. The van der Waals surface area contributed by atoms with Crippen molar-refractivity contribution in [3.05, 3.63) is 82.6 Å². The summed E-state index contributed by atoms with van der Waals surface area (Å²) in [4.78, 5) is 27.8. The van der Waals surface area contributed by atoms with E-state index in [1.165, 1.54) is 23.4 Å². The normalized spacial score (nSPS) is 15.6. The molecular weight excluding hydrogens is 510 g/mol. The Bertz CT molecular complexity index is 1270. The first-order valence-corrected chi connectivity index (χ1v) is 14.5. The molecule has 0 bridgehead atoms. The first kappa shape index (κ1) is 27.0. The van der Waals surface area contributed by atoms with Crippen LogP contribution in [0.25, 0.3) is 0 Å². The number of benzene rings is 2. The van der Waals surface area contributed by atoms with Crippen LogP contribution in [-0.2, 0) is 37.4 Å². The number of hydrogen-bond acceptors (Lipinski definition) is 6. The number of ether oxygens (including phenoxy) is 1. The van der Waals surface area contributed by atoms with Gasteiger partial charge in [0.15, 0.2) is 0 Å². The lowest BCUT2D eigenvalue weighted by Crippen LogP contribution is -2.45. The van der Waals surface area contributed by atoms with Gasteiger partial charge in [0.05, 0.1) is 24.1 Å². The molecule has 8 nitrogen and oxygen atoms in total. The Balaban J connectivity index is 1.58. The lowest BCUT2D eigenvalue weighted by atomic mass is 10.2. The molecule has 2 aromatic carbocycles. The van der Waals surface area contributed by atoms with E-state index in [0.717, 1.165) is 23.3 Å². The molecule has 1 saturated heterocycles. The van der Waals surface area contributed by atoms with E-state index in [1.54, 1.807) is 28.4 Å². The fourth-order valence-electron chi connectivity index (χ4n) is 4.20. The summed E-state index contributed by atoms with van der Waals surface area (Å²) in [7, 11) is -4.00. The van der Waals surface area contributed by atoms with Crippen LogP contribution >= 0.6 is 11.3 Å². The third-order valence-electron chi connectivity index (χ3n) is 6.05. The average molecular weight is 542 g/mol. The summed E-state index contributed by atoms with van der Waals surface area (Å²) < 4.78 is 34.4. The van der Waals surface area contributed by atoms with Gasteiger partial charge < -0.3 is 15.0 Å². The quantitative estimate of drug-likeness (QED) is 0.394. The van der Waals surface area contributed by atoms with Crippen LogP contribution in [0.15, 0.2) is 77.0 Å². The van der Waals surface area contributed by atoms with Crippen LogP contribution < -0.4 is 5.32 Å². The molecule has 10 heteroatoms. The van der Waals surface area contributed by atoms with Gasteiger partial charge in [-0.2, -0.15) is 4.31 Å². The van der Waals surface area contributed by atoms with Gasteiger partial charge >= 0.3 is 0 Å². The molecule has 1 aromatic heterocycles.